The summed E-state index contributed by atoms with van der Waals surface area (Å²) in [6.45, 7) is 1.69. The van der Waals surface area contributed by atoms with Crippen LogP contribution in [0.25, 0.3) is 0 Å². The van der Waals surface area contributed by atoms with Crippen molar-refractivity contribution in [2.45, 2.75) is 18.9 Å². The average Bonchev–Trinajstić information content (AvgIpc) is 3.08. The summed E-state index contributed by atoms with van der Waals surface area (Å²) in [5.41, 5.74) is 1.25. The lowest BCUT2D eigenvalue weighted by Gasteiger charge is -2.13. The zero-order chi connectivity index (χ0) is 15.2. The number of ether oxygens (including phenoxy) is 1. The lowest BCUT2D eigenvalue weighted by Crippen LogP contribution is -2.28. The average molecular weight is 297 g/mol. The third-order valence-corrected chi connectivity index (χ3v) is 3.63. The van der Waals surface area contributed by atoms with Crippen molar-refractivity contribution < 1.29 is 9.53 Å². The number of hydrogen-bond donors (Lipinski definition) is 2. The molecule has 1 fully saturated rings. The molecule has 5 heteroatoms. The minimum Gasteiger partial charge on any atom is -0.492 e. The van der Waals surface area contributed by atoms with E-state index < -0.39 is 0 Å². The number of pyridine rings is 1. The molecule has 0 radical (unpaired) electrons. The highest BCUT2D eigenvalue weighted by Gasteiger charge is 2.14. The fraction of sp³-hybridized carbons (Fsp3) is 0.294. The molecule has 0 saturated carbocycles. The van der Waals surface area contributed by atoms with Gasteiger partial charge in [0.05, 0.1) is 11.9 Å². The second-order valence-electron chi connectivity index (χ2n) is 5.33. The Morgan fingerprint density at radius 2 is 2.32 bits per heavy atom. The fourth-order valence-electron chi connectivity index (χ4n) is 2.46. The molecular weight excluding hydrogens is 278 g/mol. The van der Waals surface area contributed by atoms with Crippen LogP contribution in [0.15, 0.2) is 48.8 Å². The summed E-state index contributed by atoms with van der Waals surface area (Å²) in [4.78, 5) is 16.2. The quantitative estimate of drug-likeness (QED) is 0.890. The maximum absolute atomic E-state index is 12.2. The predicted octanol–water partition coefficient (Wildman–Crippen LogP) is 2.46. The lowest BCUT2D eigenvalue weighted by atomic mass is 10.2. The van der Waals surface area contributed by atoms with Crippen molar-refractivity contribution in [3.05, 3.63) is 54.4 Å². The number of nitrogens with zero attached hydrogens (tertiary/aromatic N) is 1. The number of carbonyl (C=O) groups excluding carboxylic acids is 1. The molecule has 1 aliphatic rings. The first-order valence-electron chi connectivity index (χ1n) is 7.49. The summed E-state index contributed by atoms with van der Waals surface area (Å²) >= 11 is 0. The van der Waals surface area contributed by atoms with E-state index >= 15 is 0 Å². The van der Waals surface area contributed by atoms with Crippen molar-refractivity contribution in [3.8, 4) is 5.75 Å². The molecule has 0 unspecified atom stereocenters. The second-order valence-corrected chi connectivity index (χ2v) is 5.33. The Morgan fingerprint density at radius 3 is 3.09 bits per heavy atom. The minimum atomic E-state index is -0.169. The first kappa shape index (κ1) is 14.5. The Bertz CT molecular complexity index is 625. The van der Waals surface area contributed by atoms with Crippen LogP contribution in [0.1, 0.15) is 23.2 Å². The van der Waals surface area contributed by atoms with E-state index in [1.807, 2.05) is 12.1 Å². The summed E-state index contributed by atoms with van der Waals surface area (Å²) in [6.07, 6.45) is 5.62. The molecule has 3 rings (SSSR count). The van der Waals surface area contributed by atoms with Crippen LogP contribution in [0.5, 0.6) is 5.75 Å². The first-order valence-corrected chi connectivity index (χ1v) is 7.49. The predicted molar refractivity (Wildman–Crippen MR) is 85.2 cm³/mol. The molecule has 114 valence electrons. The van der Waals surface area contributed by atoms with Gasteiger partial charge in [0.1, 0.15) is 12.4 Å². The van der Waals surface area contributed by atoms with Gasteiger partial charge in [-0.05, 0) is 49.7 Å². The number of aromatic nitrogens is 1. The van der Waals surface area contributed by atoms with Crippen molar-refractivity contribution in [3.63, 3.8) is 0 Å². The van der Waals surface area contributed by atoms with Crippen molar-refractivity contribution in [1.82, 2.24) is 10.3 Å². The Balaban J connectivity index is 1.61. The van der Waals surface area contributed by atoms with Crippen LogP contribution in [0, 0.1) is 0 Å². The molecule has 1 aromatic carbocycles. The minimum absolute atomic E-state index is 0.169. The zero-order valence-corrected chi connectivity index (χ0v) is 12.3. The lowest BCUT2D eigenvalue weighted by molar-refractivity contribution is 0.102. The Morgan fingerprint density at radius 1 is 1.36 bits per heavy atom. The fourth-order valence-corrected chi connectivity index (χ4v) is 2.46. The van der Waals surface area contributed by atoms with Crippen molar-refractivity contribution >= 4 is 11.6 Å². The molecule has 1 atom stereocenters. The second kappa shape index (κ2) is 7.04. The largest absolute Gasteiger partial charge is 0.492 e. The van der Waals surface area contributed by atoms with E-state index in [0.717, 1.165) is 13.0 Å². The van der Waals surface area contributed by atoms with Gasteiger partial charge in [0, 0.05) is 17.8 Å². The Kier molecular flexibility index (Phi) is 4.65. The Hall–Kier alpha value is -2.40. The van der Waals surface area contributed by atoms with Gasteiger partial charge < -0.3 is 15.4 Å². The van der Waals surface area contributed by atoms with Crippen molar-refractivity contribution in [2.24, 2.45) is 0 Å². The molecule has 0 bridgehead atoms. The standard InChI is InChI=1S/C17H19N3O2/c21-17(20-14-5-2-8-18-11-14)13-4-1-7-16(10-13)22-12-15-6-3-9-19-15/h1-2,4-5,7-8,10-11,15,19H,3,6,9,12H2,(H,20,21)/t15-/m1/s1. The SMILES string of the molecule is O=C(Nc1cccnc1)c1cccc(OC[C@H]2CCCN2)c1. The molecule has 22 heavy (non-hydrogen) atoms. The van der Waals surface area contributed by atoms with Crippen LogP contribution in [-0.4, -0.2) is 30.1 Å². The van der Waals surface area contributed by atoms with Gasteiger partial charge in [-0.3, -0.25) is 9.78 Å². The highest BCUT2D eigenvalue weighted by atomic mass is 16.5. The van der Waals surface area contributed by atoms with E-state index in [9.17, 15) is 4.79 Å². The molecular formula is C17H19N3O2. The first-order chi connectivity index (χ1) is 10.8. The number of nitrogens with one attached hydrogen (secondary N) is 2. The topological polar surface area (TPSA) is 63.2 Å². The van der Waals surface area contributed by atoms with Crippen LogP contribution in [0.3, 0.4) is 0 Å². The van der Waals surface area contributed by atoms with Crippen molar-refractivity contribution in [1.29, 1.82) is 0 Å². The van der Waals surface area contributed by atoms with Crippen LogP contribution >= 0.6 is 0 Å². The summed E-state index contributed by atoms with van der Waals surface area (Å²) in [5.74, 6) is 0.546. The van der Waals surface area contributed by atoms with E-state index in [1.165, 1.54) is 6.42 Å². The molecule has 0 aliphatic carbocycles. The van der Waals surface area contributed by atoms with E-state index in [-0.39, 0.29) is 5.91 Å². The molecule has 2 heterocycles. The molecule has 2 aromatic rings. The molecule has 1 saturated heterocycles. The summed E-state index contributed by atoms with van der Waals surface area (Å²) < 4.78 is 5.78. The van der Waals surface area contributed by atoms with Crippen LogP contribution in [-0.2, 0) is 0 Å². The number of amides is 1. The highest BCUT2D eigenvalue weighted by molar-refractivity contribution is 6.04. The number of rotatable bonds is 5. The van der Waals surface area contributed by atoms with E-state index in [0.29, 0.717) is 29.6 Å². The van der Waals surface area contributed by atoms with Crippen LogP contribution < -0.4 is 15.4 Å². The monoisotopic (exact) mass is 297 g/mol. The smallest absolute Gasteiger partial charge is 0.255 e. The maximum atomic E-state index is 12.2. The zero-order valence-electron chi connectivity index (χ0n) is 12.3. The molecule has 5 nitrogen and oxygen atoms in total. The molecule has 0 spiro atoms. The van der Waals surface area contributed by atoms with Gasteiger partial charge in [0.25, 0.3) is 5.91 Å². The third-order valence-electron chi connectivity index (χ3n) is 3.63. The third kappa shape index (κ3) is 3.83. The molecule has 1 aliphatic heterocycles. The Labute approximate surface area is 129 Å². The normalized spacial score (nSPS) is 17.2. The van der Waals surface area contributed by atoms with Crippen molar-refractivity contribution in [2.75, 3.05) is 18.5 Å². The highest BCUT2D eigenvalue weighted by Crippen LogP contribution is 2.16. The number of benzene rings is 1. The number of hydrogen-bond acceptors (Lipinski definition) is 4. The van der Waals surface area contributed by atoms with E-state index in [1.54, 1.807) is 36.7 Å². The van der Waals surface area contributed by atoms with Gasteiger partial charge in [-0.1, -0.05) is 6.07 Å². The van der Waals surface area contributed by atoms with Gasteiger partial charge in [0.2, 0.25) is 0 Å². The number of anilines is 1. The van der Waals surface area contributed by atoms with Gasteiger partial charge in [-0.15, -0.1) is 0 Å². The van der Waals surface area contributed by atoms with Crippen LogP contribution in [0.2, 0.25) is 0 Å². The van der Waals surface area contributed by atoms with Gasteiger partial charge in [-0.2, -0.15) is 0 Å². The summed E-state index contributed by atoms with van der Waals surface area (Å²) in [5, 5.41) is 6.20. The number of carbonyl (C=O) groups is 1. The van der Waals surface area contributed by atoms with Crippen LogP contribution in [0.4, 0.5) is 5.69 Å². The maximum Gasteiger partial charge on any atom is 0.255 e. The van der Waals surface area contributed by atoms with E-state index in [2.05, 4.69) is 15.6 Å². The van der Waals surface area contributed by atoms with Gasteiger partial charge in [0.15, 0.2) is 0 Å². The van der Waals surface area contributed by atoms with E-state index in [4.69, 9.17) is 4.74 Å². The summed E-state index contributed by atoms with van der Waals surface area (Å²) in [7, 11) is 0. The van der Waals surface area contributed by atoms with Gasteiger partial charge >= 0.3 is 0 Å². The van der Waals surface area contributed by atoms with Gasteiger partial charge in [-0.25, -0.2) is 0 Å². The molecule has 2 N–H and O–H groups in total. The summed E-state index contributed by atoms with van der Waals surface area (Å²) in [6, 6.07) is 11.2. The molecule has 1 aromatic heterocycles. The molecule has 1 amide bonds.